The van der Waals surface area contributed by atoms with Crippen molar-refractivity contribution in [1.82, 2.24) is 10.2 Å². The summed E-state index contributed by atoms with van der Waals surface area (Å²) in [5.41, 5.74) is 0. The minimum atomic E-state index is -0.191. The van der Waals surface area contributed by atoms with E-state index in [0.717, 1.165) is 38.2 Å². The third-order valence-electron chi connectivity index (χ3n) is 3.57. The van der Waals surface area contributed by atoms with E-state index in [-0.39, 0.29) is 6.09 Å². The molecule has 1 N–H and O–H groups in total. The van der Waals surface area contributed by atoms with Gasteiger partial charge in [-0.1, -0.05) is 18.2 Å². The summed E-state index contributed by atoms with van der Waals surface area (Å²) in [5.74, 6) is 0.899. The van der Waals surface area contributed by atoms with Crippen molar-refractivity contribution in [1.29, 1.82) is 0 Å². The number of piperidine rings is 1. The Labute approximate surface area is 126 Å². The van der Waals surface area contributed by atoms with E-state index in [0.29, 0.717) is 19.3 Å². The molecule has 0 unspecified atom stereocenters. The Bertz CT molecular complexity index is 417. The molecule has 1 aliphatic rings. The molecule has 0 atom stereocenters. The zero-order chi connectivity index (χ0) is 14.9. The Kier molecular flexibility index (Phi) is 6.34. The number of nitrogens with zero attached hydrogens (tertiary/aromatic N) is 1. The quantitative estimate of drug-likeness (QED) is 0.817. The van der Waals surface area contributed by atoms with Crippen LogP contribution in [0.5, 0.6) is 5.75 Å². The molecule has 1 saturated heterocycles. The predicted molar refractivity (Wildman–Crippen MR) is 81.6 cm³/mol. The molecule has 1 heterocycles. The highest BCUT2D eigenvalue weighted by Crippen LogP contribution is 2.11. The highest BCUT2D eigenvalue weighted by atomic mass is 16.6. The molecule has 0 spiro atoms. The van der Waals surface area contributed by atoms with Crippen LogP contribution in [-0.4, -0.2) is 49.9 Å². The lowest BCUT2D eigenvalue weighted by Crippen LogP contribution is -2.45. The minimum Gasteiger partial charge on any atom is -0.492 e. The fraction of sp³-hybridized carbons (Fsp3) is 0.562. The number of benzene rings is 1. The summed E-state index contributed by atoms with van der Waals surface area (Å²) in [5, 5.41) is 3.48. The van der Waals surface area contributed by atoms with Crippen LogP contribution in [0.4, 0.5) is 4.79 Å². The molecule has 1 fully saturated rings. The number of para-hydroxylation sites is 1. The van der Waals surface area contributed by atoms with Crippen molar-refractivity contribution in [3.63, 3.8) is 0 Å². The third-order valence-corrected chi connectivity index (χ3v) is 3.57. The summed E-state index contributed by atoms with van der Waals surface area (Å²) in [4.78, 5) is 13.4. The first-order valence-electron chi connectivity index (χ1n) is 7.62. The standard InChI is InChI=1S/C16H24N2O3/c1-2-20-16(19)18-11-8-14(9-12-18)17-10-13-21-15-6-4-3-5-7-15/h3-7,14,17H,2,8-13H2,1H3. The van der Waals surface area contributed by atoms with Gasteiger partial charge in [-0.15, -0.1) is 0 Å². The van der Waals surface area contributed by atoms with Crippen molar-refractivity contribution in [2.45, 2.75) is 25.8 Å². The summed E-state index contributed by atoms with van der Waals surface area (Å²) in [6, 6.07) is 10.3. The number of hydrogen-bond acceptors (Lipinski definition) is 4. The molecule has 1 aliphatic heterocycles. The van der Waals surface area contributed by atoms with Crippen molar-refractivity contribution in [2.75, 3.05) is 32.8 Å². The van der Waals surface area contributed by atoms with E-state index in [9.17, 15) is 4.79 Å². The van der Waals surface area contributed by atoms with E-state index in [1.54, 1.807) is 4.90 Å². The van der Waals surface area contributed by atoms with Crippen molar-refractivity contribution in [3.8, 4) is 5.75 Å². The number of rotatable bonds is 6. The Morgan fingerprint density at radius 1 is 1.29 bits per heavy atom. The number of nitrogens with one attached hydrogen (secondary N) is 1. The fourth-order valence-electron chi connectivity index (χ4n) is 2.43. The lowest BCUT2D eigenvalue weighted by atomic mass is 10.1. The molecular weight excluding hydrogens is 268 g/mol. The first-order valence-corrected chi connectivity index (χ1v) is 7.62. The van der Waals surface area contributed by atoms with Crippen molar-refractivity contribution in [3.05, 3.63) is 30.3 Å². The van der Waals surface area contributed by atoms with Crippen molar-refractivity contribution in [2.24, 2.45) is 0 Å². The van der Waals surface area contributed by atoms with Gasteiger partial charge in [0.1, 0.15) is 12.4 Å². The number of likely N-dealkylation sites (tertiary alicyclic amines) is 1. The van der Waals surface area contributed by atoms with Crippen LogP contribution in [0.2, 0.25) is 0 Å². The second-order valence-electron chi connectivity index (χ2n) is 5.08. The molecular formula is C16H24N2O3. The monoisotopic (exact) mass is 292 g/mol. The van der Waals surface area contributed by atoms with Gasteiger partial charge in [-0.3, -0.25) is 0 Å². The van der Waals surface area contributed by atoms with E-state index in [1.807, 2.05) is 37.3 Å². The zero-order valence-electron chi connectivity index (χ0n) is 12.6. The molecule has 116 valence electrons. The van der Waals surface area contributed by atoms with Crippen LogP contribution in [0.25, 0.3) is 0 Å². The van der Waals surface area contributed by atoms with Gasteiger partial charge >= 0.3 is 6.09 Å². The first kappa shape index (κ1) is 15.6. The summed E-state index contributed by atoms with van der Waals surface area (Å²) >= 11 is 0. The van der Waals surface area contributed by atoms with Crippen LogP contribution in [0.1, 0.15) is 19.8 Å². The molecule has 2 rings (SSSR count). The molecule has 1 aromatic carbocycles. The second kappa shape index (κ2) is 8.52. The Morgan fingerprint density at radius 3 is 2.67 bits per heavy atom. The van der Waals surface area contributed by atoms with Gasteiger partial charge in [0.15, 0.2) is 0 Å². The normalized spacial score (nSPS) is 15.8. The Hall–Kier alpha value is -1.75. The van der Waals surface area contributed by atoms with Crippen LogP contribution in [-0.2, 0) is 4.74 Å². The number of hydrogen-bond donors (Lipinski definition) is 1. The maximum Gasteiger partial charge on any atom is 0.409 e. The lowest BCUT2D eigenvalue weighted by Gasteiger charge is -2.31. The van der Waals surface area contributed by atoms with Gasteiger partial charge in [-0.25, -0.2) is 4.79 Å². The summed E-state index contributed by atoms with van der Waals surface area (Å²) < 4.78 is 10.7. The van der Waals surface area contributed by atoms with Gasteiger partial charge in [0.05, 0.1) is 6.61 Å². The fourth-order valence-corrected chi connectivity index (χ4v) is 2.43. The average molecular weight is 292 g/mol. The van der Waals surface area contributed by atoms with E-state index in [4.69, 9.17) is 9.47 Å². The third kappa shape index (κ3) is 5.27. The number of amides is 1. The molecule has 0 bridgehead atoms. The van der Waals surface area contributed by atoms with Crippen LogP contribution in [0.15, 0.2) is 30.3 Å². The topological polar surface area (TPSA) is 50.8 Å². The maximum absolute atomic E-state index is 11.6. The van der Waals surface area contributed by atoms with Crippen LogP contribution in [0, 0.1) is 0 Å². The predicted octanol–water partition coefficient (Wildman–Crippen LogP) is 2.28. The Balaban J connectivity index is 1.58. The lowest BCUT2D eigenvalue weighted by molar-refractivity contribution is 0.0948. The van der Waals surface area contributed by atoms with E-state index in [1.165, 1.54) is 0 Å². The molecule has 1 aromatic rings. The van der Waals surface area contributed by atoms with Gasteiger partial charge in [0.25, 0.3) is 0 Å². The molecule has 0 radical (unpaired) electrons. The molecule has 0 aliphatic carbocycles. The van der Waals surface area contributed by atoms with E-state index < -0.39 is 0 Å². The smallest absolute Gasteiger partial charge is 0.409 e. The van der Waals surface area contributed by atoms with Gasteiger partial charge in [0, 0.05) is 25.7 Å². The van der Waals surface area contributed by atoms with Crippen LogP contribution in [0.3, 0.4) is 0 Å². The summed E-state index contributed by atoms with van der Waals surface area (Å²) in [6.45, 7) is 5.26. The molecule has 0 aromatic heterocycles. The van der Waals surface area contributed by atoms with Crippen LogP contribution < -0.4 is 10.1 Å². The van der Waals surface area contributed by atoms with E-state index >= 15 is 0 Å². The number of carbonyl (C=O) groups excluding carboxylic acids is 1. The first-order chi connectivity index (χ1) is 10.3. The van der Waals surface area contributed by atoms with Gasteiger partial charge in [-0.05, 0) is 31.9 Å². The molecule has 1 amide bonds. The highest BCUT2D eigenvalue weighted by Gasteiger charge is 2.22. The van der Waals surface area contributed by atoms with Gasteiger partial charge in [-0.2, -0.15) is 0 Å². The van der Waals surface area contributed by atoms with E-state index in [2.05, 4.69) is 5.32 Å². The van der Waals surface area contributed by atoms with Gasteiger partial charge in [0.2, 0.25) is 0 Å². The SMILES string of the molecule is CCOC(=O)N1CCC(NCCOc2ccccc2)CC1. The van der Waals surface area contributed by atoms with Crippen molar-refractivity contribution >= 4 is 6.09 Å². The van der Waals surface area contributed by atoms with Crippen molar-refractivity contribution < 1.29 is 14.3 Å². The Morgan fingerprint density at radius 2 is 2.00 bits per heavy atom. The molecule has 21 heavy (non-hydrogen) atoms. The van der Waals surface area contributed by atoms with Crippen LogP contribution >= 0.6 is 0 Å². The highest BCUT2D eigenvalue weighted by molar-refractivity contribution is 5.67. The number of ether oxygens (including phenoxy) is 2. The largest absolute Gasteiger partial charge is 0.492 e. The second-order valence-corrected chi connectivity index (χ2v) is 5.08. The average Bonchev–Trinajstić information content (AvgIpc) is 2.53. The number of carbonyl (C=O) groups is 1. The molecule has 0 saturated carbocycles. The minimum absolute atomic E-state index is 0.191. The summed E-state index contributed by atoms with van der Waals surface area (Å²) in [7, 11) is 0. The maximum atomic E-state index is 11.6. The molecule has 5 nitrogen and oxygen atoms in total. The summed E-state index contributed by atoms with van der Waals surface area (Å²) in [6.07, 6.45) is 1.73. The zero-order valence-corrected chi connectivity index (χ0v) is 12.6. The van der Waals surface area contributed by atoms with Gasteiger partial charge < -0.3 is 19.7 Å². The molecule has 5 heteroatoms.